The van der Waals surface area contributed by atoms with Crippen LogP contribution in [0, 0.1) is 0 Å². The van der Waals surface area contributed by atoms with Crippen LogP contribution in [0.4, 0.5) is 5.69 Å². The van der Waals surface area contributed by atoms with Crippen LogP contribution in [0.15, 0.2) is 36.5 Å². The number of benzene rings is 1. The average molecular weight is 255 g/mol. The van der Waals surface area contributed by atoms with E-state index in [1.807, 2.05) is 30.3 Å². The molecule has 19 heavy (non-hydrogen) atoms. The molecule has 1 aliphatic rings. The van der Waals surface area contributed by atoms with E-state index >= 15 is 0 Å². The Hall–Kier alpha value is -1.94. The van der Waals surface area contributed by atoms with Crippen molar-refractivity contribution in [1.82, 2.24) is 10.3 Å². The molecule has 0 bridgehead atoms. The lowest BCUT2D eigenvalue weighted by Crippen LogP contribution is -2.23. The molecule has 1 saturated carbocycles. The number of amides is 1. The van der Waals surface area contributed by atoms with E-state index < -0.39 is 0 Å². The molecule has 3 rings (SSSR count). The highest BCUT2D eigenvalue weighted by atomic mass is 16.1. The van der Waals surface area contributed by atoms with Crippen LogP contribution in [-0.4, -0.2) is 23.5 Å². The minimum absolute atomic E-state index is 0.0458. The van der Waals surface area contributed by atoms with Gasteiger partial charge in [0.15, 0.2) is 0 Å². The summed E-state index contributed by atoms with van der Waals surface area (Å²) in [6, 6.07) is 10.3. The van der Waals surface area contributed by atoms with Gasteiger partial charge in [0.05, 0.1) is 11.2 Å². The third-order valence-electron chi connectivity index (χ3n) is 3.28. The van der Waals surface area contributed by atoms with Crippen molar-refractivity contribution in [3.63, 3.8) is 0 Å². The number of hydrogen-bond acceptors (Lipinski definition) is 3. The summed E-state index contributed by atoms with van der Waals surface area (Å²) in [5.74, 6) is 0.0458. The quantitative estimate of drug-likeness (QED) is 0.862. The molecule has 1 aromatic heterocycles. The molecule has 0 aliphatic heterocycles. The summed E-state index contributed by atoms with van der Waals surface area (Å²) in [7, 11) is 0. The van der Waals surface area contributed by atoms with E-state index in [2.05, 4.69) is 15.6 Å². The molecule has 0 radical (unpaired) electrons. The van der Waals surface area contributed by atoms with Crippen LogP contribution in [0.25, 0.3) is 10.9 Å². The van der Waals surface area contributed by atoms with Crippen molar-refractivity contribution in [2.45, 2.75) is 25.3 Å². The molecule has 1 aromatic carbocycles. The number of aromatic nitrogens is 1. The van der Waals surface area contributed by atoms with Crippen molar-refractivity contribution in [3.8, 4) is 0 Å². The largest absolute Gasteiger partial charge is 0.325 e. The number of anilines is 1. The molecule has 1 fully saturated rings. The predicted octanol–water partition coefficient (Wildman–Crippen LogP) is 2.32. The molecule has 0 spiro atoms. The molecule has 1 aliphatic carbocycles. The van der Waals surface area contributed by atoms with Crippen molar-refractivity contribution >= 4 is 22.5 Å². The topological polar surface area (TPSA) is 54.0 Å². The zero-order valence-electron chi connectivity index (χ0n) is 10.7. The highest BCUT2D eigenvalue weighted by molar-refractivity contribution is 6.00. The second kappa shape index (κ2) is 5.36. The predicted molar refractivity (Wildman–Crippen MR) is 76.0 cm³/mol. The van der Waals surface area contributed by atoms with Gasteiger partial charge in [0, 0.05) is 30.6 Å². The minimum atomic E-state index is 0.0458. The van der Waals surface area contributed by atoms with Crippen LogP contribution < -0.4 is 10.6 Å². The van der Waals surface area contributed by atoms with E-state index in [0.717, 1.165) is 23.1 Å². The first-order valence-electron chi connectivity index (χ1n) is 6.70. The van der Waals surface area contributed by atoms with Crippen molar-refractivity contribution in [2.24, 2.45) is 0 Å². The number of nitrogens with zero attached hydrogens (tertiary/aromatic N) is 1. The molecule has 98 valence electrons. The van der Waals surface area contributed by atoms with Crippen LogP contribution in [0.3, 0.4) is 0 Å². The van der Waals surface area contributed by atoms with Crippen molar-refractivity contribution in [2.75, 3.05) is 11.9 Å². The van der Waals surface area contributed by atoms with Crippen molar-refractivity contribution in [1.29, 1.82) is 0 Å². The number of carbonyl (C=O) groups excluding carboxylic acids is 1. The van der Waals surface area contributed by atoms with E-state index in [-0.39, 0.29) is 5.91 Å². The molecule has 0 saturated heterocycles. The van der Waals surface area contributed by atoms with Gasteiger partial charge >= 0.3 is 0 Å². The monoisotopic (exact) mass is 255 g/mol. The summed E-state index contributed by atoms with van der Waals surface area (Å²) in [5, 5.41) is 7.28. The fraction of sp³-hybridized carbons (Fsp3) is 0.333. The molecular weight excluding hydrogens is 238 g/mol. The van der Waals surface area contributed by atoms with Crippen LogP contribution in [-0.2, 0) is 4.79 Å². The number of pyridine rings is 1. The lowest BCUT2D eigenvalue weighted by atomic mass is 10.2. The fourth-order valence-corrected chi connectivity index (χ4v) is 2.10. The zero-order chi connectivity index (χ0) is 13.1. The van der Waals surface area contributed by atoms with Gasteiger partial charge in [0.2, 0.25) is 5.91 Å². The molecule has 0 unspecified atom stereocenters. The Morgan fingerprint density at radius 2 is 2.16 bits per heavy atom. The summed E-state index contributed by atoms with van der Waals surface area (Å²) in [6.07, 6.45) is 4.76. The van der Waals surface area contributed by atoms with E-state index in [1.165, 1.54) is 12.8 Å². The smallest absolute Gasteiger partial charge is 0.225 e. The van der Waals surface area contributed by atoms with Crippen molar-refractivity contribution in [3.05, 3.63) is 36.5 Å². The van der Waals surface area contributed by atoms with Gasteiger partial charge in [-0.25, -0.2) is 0 Å². The number of carbonyl (C=O) groups is 1. The SMILES string of the molecule is O=C(CCNC1CC1)Nc1cccc2ncccc12. The van der Waals surface area contributed by atoms with E-state index in [9.17, 15) is 4.79 Å². The van der Waals surface area contributed by atoms with Crippen LogP contribution in [0.2, 0.25) is 0 Å². The molecule has 1 heterocycles. The summed E-state index contributed by atoms with van der Waals surface area (Å²) in [5.41, 5.74) is 1.73. The van der Waals surface area contributed by atoms with Gasteiger partial charge in [-0.15, -0.1) is 0 Å². The molecule has 2 N–H and O–H groups in total. The number of nitrogens with one attached hydrogen (secondary N) is 2. The Morgan fingerprint density at radius 3 is 3.00 bits per heavy atom. The summed E-state index contributed by atoms with van der Waals surface area (Å²) in [4.78, 5) is 16.2. The van der Waals surface area contributed by atoms with Gasteiger partial charge in [-0.1, -0.05) is 6.07 Å². The lowest BCUT2D eigenvalue weighted by Gasteiger charge is -2.08. The number of rotatable bonds is 5. The van der Waals surface area contributed by atoms with Crippen LogP contribution in [0.5, 0.6) is 0 Å². The molecule has 1 amide bonds. The van der Waals surface area contributed by atoms with Gasteiger partial charge in [0.25, 0.3) is 0 Å². The first-order chi connectivity index (χ1) is 9.33. The van der Waals surface area contributed by atoms with Crippen LogP contribution >= 0.6 is 0 Å². The summed E-state index contributed by atoms with van der Waals surface area (Å²) >= 11 is 0. The second-order valence-corrected chi connectivity index (χ2v) is 4.90. The Kier molecular flexibility index (Phi) is 3.42. The van der Waals surface area contributed by atoms with Gasteiger partial charge in [-0.2, -0.15) is 0 Å². The molecule has 4 nitrogen and oxygen atoms in total. The fourth-order valence-electron chi connectivity index (χ4n) is 2.10. The highest BCUT2D eigenvalue weighted by Gasteiger charge is 2.20. The number of fused-ring (bicyclic) bond motifs is 1. The Morgan fingerprint density at radius 1 is 1.26 bits per heavy atom. The zero-order valence-corrected chi connectivity index (χ0v) is 10.7. The first kappa shape index (κ1) is 12.1. The Balaban J connectivity index is 1.64. The van der Waals surface area contributed by atoms with Crippen molar-refractivity contribution < 1.29 is 4.79 Å². The maximum Gasteiger partial charge on any atom is 0.225 e. The Labute approximate surface area is 112 Å². The van der Waals surface area contributed by atoms with E-state index in [0.29, 0.717) is 12.5 Å². The summed E-state index contributed by atoms with van der Waals surface area (Å²) < 4.78 is 0. The van der Waals surface area contributed by atoms with Gasteiger partial charge < -0.3 is 10.6 Å². The molecule has 4 heteroatoms. The number of hydrogen-bond donors (Lipinski definition) is 2. The van der Waals surface area contributed by atoms with E-state index in [4.69, 9.17) is 0 Å². The normalized spacial score (nSPS) is 14.5. The first-order valence-corrected chi connectivity index (χ1v) is 6.70. The maximum atomic E-state index is 11.9. The summed E-state index contributed by atoms with van der Waals surface area (Å²) in [6.45, 7) is 0.750. The second-order valence-electron chi connectivity index (χ2n) is 4.90. The van der Waals surface area contributed by atoms with Crippen LogP contribution in [0.1, 0.15) is 19.3 Å². The molecule has 2 aromatic rings. The maximum absolute atomic E-state index is 11.9. The lowest BCUT2D eigenvalue weighted by molar-refractivity contribution is -0.116. The minimum Gasteiger partial charge on any atom is -0.325 e. The van der Waals surface area contributed by atoms with Gasteiger partial charge in [0.1, 0.15) is 0 Å². The molecular formula is C15H17N3O. The Bertz CT molecular complexity index is 587. The average Bonchev–Trinajstić information content (AvgIpc) is 3.23. The standard InChI is InChI=1S/C15H17N3O/c19-15(8-10-16-11-6-7-11)18-14-5-1-4-13-12(14)3-2-9-17-13/h1-5,9,11,16H,6-8,10H2,(H,18,19). The van der Waals surface area contributed by atoms with Gasteiger partial charge in [-0.3, -0.25) is 9.78 Å². The van der Waals surface area contributed by atoms with E-state index in [1.54, 1.807) is 6.20 Å². The third kappa shape index (κ3) is 3.09. The highest BCUT2D eigenvalue weighted by Crippen LogP contribution is 2.21. The molecule has 0 atom stereocenters. The van der Waals surface area contributed by atoms with Gasteiger partial charge in [-0.05, 0) is 37.1 Å². The third-order valence-corrected chi connectivity index (χ3v) is 3.28.